The van der Waals surface area contributed by atoms with E-state index >= 15 is 0 Å². The van der Waals surface area contributed by atoms with Crippen LogP contribution in [0.25, 0.3) is 0 Å². The maximum atomic E-state index is 12.4. The second-order valence-electron chi connectivity index (χ2n) is 7.22. The van der Waals surface area contributed by atoms with Crippen LogP contribution < -0.4 is 5.48 Å². The Balaban J connectivity index is 1.30. The fourth-order valence-corrected chi connectivity index (χ4v) is 3.46. The van der Waals surface area contributed by atoms with Crippen molar-refractivity contribution >= 4 is 12.0 Å². The summed E-state index contributed by atoms with van der Waals surface area (Å²) in [6.45, 7) is 1.77. The summed E-state index contributed by atoms with van der Waals surface area (Å²) in [6, 6.07) is 15.0. The molecule has 0 aliphatic carbocycles. The van der Waals surface area contributed by atoms with Gasteiger partial charge in [-0.25, -0.2) is 15.1 Å². The fraction of sp³-hybridized carbons (Fsp3) is 0.364. The van der Waals surface area contributed by atoms with Gasteiger partial charge >= 0.3 is 6.09 Å². The lowest BCUT2D eigenvalue weighted by Gasteiger charge is -2.22. The van der Waals surface area contributed by atoms with Gasteiger partial charge in [0.2, 0.25) is 0 Å². The van der Waals surface area contributed by atoms with Crippen molar-refractivity contribution < 1.29 is 23.9 Å². The molecule has 7 heteroatoms. The molecule has 2 aliphatic heterocycles. The smallest absolute Gasteiger partial charge is 0.410 e. The second kappa shape index (κ2) is 9.07. The molecule has 1 unspecified atom stereocenters. The molecule has 7 nitrogen and oxygen atoms in total. The highest BCUT2D eigenvalue weighted by Crippen LogP contribution is 2.25. The summed E-state index contributed by atoms with van der Waals surface area (Å²) >= 11 is 0. The van der Waals surface area contributed by atoms with Crippen molar-refractivity contribution in [3.63, 3.8) is 0 Å². The highest BCUT2D eigenvalue weighted by molar-refractivity contribution is 5.93. The minimum atomic E-state index is -0.392. The average molecular weight is 396 g/mol. The van der Waals surface area contributed by atoms with E-state index in [0.29, 0.717) is 25.3 Å². The first-order valence-corrected chi connectivity index (χ1v) is 9.84. The van der Waals surface area contributed by atoms with Gasteiger partial charge in [-0.3, -0.25) is 9.69 Å². The number of nitrogens with one attached hydrogen (secondary N) is 1. The number of hydrogen-bond donors (Lipinski definition) is 1. The third-order valence-electron chi connectivity index (χ3n) is 5.08. The Morgan fingerprint density at radius 3 is 2.69 bits per heavy atom. The zero-order valence-corrected chi connectivity index (χ0v) is 16.1. The molecule has 2 aliphatic rings. The maximum absolute atomic E-state index is 12.4. The SMILES string of the molecule is O=C(NOC1CCCCO1)c1ccc2c(c1)CN(C(=O)OCc1ccccc1)C2. The Bertz CT molecular complexity index is 865. The van der Waals surface area contributed by atoms with E-state index in [-0.39, 0.29) is 18.6 Å². The van der Waals surface area contributed by atoms with Gasteiger partial charge in [-0.2, -0.15) is 0 Å². The van der Waals surface area contributed by atoms with Crippen molar-refractivity contribution in [3.8, 4) is 0 Å². The van der Waals surface area contributed by atoms with Gasteiger partial charge in [0.25, 0.3) is 5.91 Å². The van der Waals surface area contributed by atoms with E-state index in [2.05, 4.69) is 5.48 Å². The lowest BCUT2D eigenvalue weighted by molar-refractivity contribution is -0.186. The number of hydroxylamine groups is 1. The summed E-state index contributed by atoms with van der Waals surface area (Å²) in [5.74, 6) is -0.327. The molecule has 2 amide bonds. The van der Waals surface area contributed by atoms with Gasteiger partial charge in [0, 0.05) is 31.7 Å². The van der Waals surface area contributed by atoms with Gasteiger partial charge < -0.3 is 9.47 Å². The summed E-state index contributed by atoms with van der Waals surface area (Å²) in [5.41, 5.74) is 5.83. The molecule has 0 bridgehead atoms. The average Bonchev–Trinajstić information content (AvgIpc) is 3.21. The second-order valence-corrected chi connectivity index (χ2v) is 7.22. The van der Waals surface area contributed by atoms with Gasteiger partial charge in [0.15, 0.2) is 6.29 Å². The van der Waals surface area contributed by atoms with Crippen molar-refractivity contribution in [1.82, 2.24) is 10.4 Å². The largest absolute Gasteiger partial charge is 0.445 e. The first kappa shape index (κ1) is 19.4. The Morgan fingerprint density at radius 2 is 1.90 bits per heavy atom. The Hall–Kier alpha value is -2.90. The van der Waals surface area contributed by atoms with Crippen LogP contribution in [-0.2, 0) is 34.0 Å². The Morgan fingerprint density at radius 1 is 1.07 bits per heavy atom. The van der Waals surface area contributed by atoms with Gasteiger partial charge in [-0.1, -0.05) is 36.4 Å². The number of carbonyl (C=O) groups excluding carboxylic acids is 2. The third kappa shape index (κ3) is 4.93. The molecule has 0 spiro atoms. The molecule has 0 radical (unpaired) electrons. The third-order valence-corrected chi connectivity index (χ3v) is 5.08. The number of hydrogen-bond acceptors (Lipinski definition) is 5. The molecule has 152 valence electrons. The molecule has 29 heavy (non-hydrogen) atoms. The monoisotopic (exact) mass is 396 g/mol. The lowest BCUT2D eigenvalue weighted by atomic mass is 10.1. The highest BCUT2D eigenvalue weighted by atomic mass is 16.8. The fourth-order valence-electron chi connectivity index (χ4n) is 3.46. The zero-order chi connectivity index (χ0) is 20.1. The quantitative estimate of drug-likeness (QED) is 0.783. The number of carbonyl (C=O) groups is 2. The van der Waals surface area contributed by atoms with Crippen LogP contribution in [0.15, 0.2) is 48.5 Å². The van der Waals surface area contributed by atoms with Crippen molar-refractivity contribution in [2.45, 2.75) is 45.2 Å². The van der Waals surface area contributed by atoms with Crippen molar-refractivity contribution in [1.29, 1.82) is 0 Å². The van der Waals surface area contributed by atoms with Crippen LogP contribution in [0.4, 0.5) is 4.79 Å². The standard InChI is InChI=1S/C22H24N2O5/c25-21(23-29-20-8-4-5-11-27-20)17-9-10-18-13-24(14-19(18)12-17)22(26)28-15-16-6-2-1-3-7-16/h1-3,6-7,9-10,12,20H,4-5,8,11,13-15H2,(H,23,25). The molecular formula is C22H24N2O5. The van der Waals surface area contributed by atoms with Gasteiger partial charge in [-0.05, 0) is 41.7 Å². The number of rotatable bonds is 5. The number of fused-ring (bicyclic) bond motifs is 1. The van der Waals surface area contributed by atoms with E-state index in [1.807, 2.05) is 36.4 Å². The minimum Gasteiger partial charge on any atom is -0.445 e. The molecule has 2 aromatic rings. The summed E-state index contributed by atoms with van der Waals surface area (Å²) in [4.78, 5) is 31.7. The van der Waals surface area contributed by atoms with Gasteiger partial charge in [0.1, 0.15) is 6.61 Å². The van der Waals surface area contributed by atoms with E-state index in [1.54, 1.807) is 17.0 Å². The van der Waals surface area contributed by atoms with Crippen LogP contribution >= 0.6 is 0 Å². The molecule has 1 saturated heterocycles. The predicted octanol–water partition coefficient (Wildman–Crippen LogP) is 3.53. The van der Waals surface area contributed by atoms with E-state index in [0.717, 1.165) is 36.0 Å². The Labute approximate surface area is 169 Å². The number of nitrogens with zero attached hydrogens (tertiary/aromatic N) is 1. The molecule has 2 aromatic carbocycles. The molecular weight excluding hydrogens is 372 g/mol. The van der Waals surface area contributed by atoms with Crippen LogP contribution in [0.3, 0.4) is 0 Å². The van der Waals surface area contributed by atoms with Crippen LogP contribution in [0.2, 0.25) is 0 Å². The van der Waals surface area contributed by atoms with Crippen molar-refractivity contribution in [3.05, 3.63) is 70.8 Å². The van der Waals surface area contributed by atoms with Crippen LogP contribution in [0.5, 0.6) is 0 Å². The van der Waals surface area contributed by atoms with Crippen LogP contribution in [0, 0.1) is 0 Å². The van der Waals surface area contributed by atoms with Gasteiger partial charge in [0.05, 0.1) is 0 Å². The minimum absolute atomic E-state index is 0.237. The molecule has 1 N–H and O–H groups in total. The molecule has 0 saturated carbocycles. The molecule has 1 atom stereocenters. The van der Waals surface area contributed by atoms with Crippen molar-refractivity contribution in [2.24, 2.45) is 0 Å². The first-order valence-electron chi connectivity index (χ1n) is 9.84. The van der Waals surface area contributed by atoms with Crippen LogP contribution in [-0.4, -0.2) is 29.8 Å². The number of amides is 2. The van der Waals surface area contributed by atoms with Crippen LogP contribution in [0.1, 0.15) is 46.3 Å². The normalized spacial score (nSPS) is 18.2. The number of ether oxygens (including phenoxy) is 2. The van der Waals surface area contributed by atoms with E-state index in [9.17, 15) is 9.59 Å². The summed E-state index contributed by atoms with van der Waals surface area (Å²) in [5, 5.41) is 0. The summed E-state index contributed by atoms with van der Waals surface area (Å²) < 4.78 is 10.8. The van der Waals surface area contributed by atoms with Gasteiger partial charge in [-0.15, -0.1) is 0 Å². The predicted molar refractivity (Wildman–Crippen MR) is 104 cm³/mol. The topological polar surface area (TPSA) is 77.1 Å². The number of benzene rings is 2. The molecule has 4 rings (SSSR count). The highest BCUT2D eigenvalue weighted by Gasteiger charge is 2.25. The zero-order valence-electron chi connectivity index (χ0n) is 16.1. The maximum Gasteiger partial charge on any atom is 0.410 e. The molecule has 1 fully saturated rings. The summed E-state index contributed by atoms with van der Waals surface area (Å²) in [7, 11) is 0. The molecule has 0 aromatic heterocycles. The first-order chi connectivity index (χ1) is 14.2. The van der Waals surface area contributed by atoms with E-state index < -0.39 is 6.29 Å². The Kier molecular flexibility index (Phi) is 6.07. The van der Waals surface area contributed by atoms with E-state index in [4.69, 9.17) is 14.3 Å². The lowest BCUT2D eigenvalue weighted by Crippen LogP contribution is -2.33. The summed E-state index contributed by atoms with van der Waals surface area (Å²) in [6.07, 6.45) is 2.05. The van der Waals surface area contributed by atoms with Crippen molar-refractivity contribution in [2.75, 3.05) is 6.61 Å². The van der Waals surface area contributed by atoms with E-state index in [1.165, 1.54) is 0 Å². The molecule has 2 heterocycles.